The van der Waals surface area contributed by atoms with E-state index in [9.17, 15) is 0 Å². The highest BCUT2D eigenvalue weighted by Gasteiger charge is 2.01. The van der Waals surface area contributed by atoms with E-state index in [0.717, 1.165) is 22.8 Å². The number of oxazole rings is 1. The van der Waals surface area contributed by atoms with Gasteiger partial charge in [-0.15, -0.1) is 0 Å². The molecule has 0 unspecified atom stereocenters. The Morgan fingerprint density at radius 3 is 3.10 bits per heavy atom. The van der Waals surface area contributed by atoms with Gasteiger partial charge in [0.05, 0.1) is 18.9 Å². The van der Waals surface area contributed by atoms with Crippen molar-refractivity contribution in [3.05, 3.63) is 41.8 Å². The topological polar surface area (TPSA) is 55.5 Å². The average Bonchev–Trinajstić information content (AvgIpc) is 2.90. The number of benzene rings is 1. The minimum Gasteiger partial charge on any atom is -0.493 e. The first kappa shape index (κ1) is 15.5. The molecule has 0 saturated heterocycles. The van der Waals surface area contributed by atoms with Crippen molar-refractivity contribution in [1.82, 2.24) is 4.98 Å². The summed E-state index contributed by atoms with van der Waals surface area (Å²) in [4.78, 5) is 4.21. The van der Waals surface area contributed by atoms with Gasteiger partial charge in [0.25, 0.3) is 5.22 Å². The summed E-state index contributed by atoms with van der Waals surface area (Å²) in [6.45, 7) is 2.55. The lowest BCUT2D eigenvalue weighted by atomic mass is 10.2. The molecule has 0 aliphatic heterocycles. The highest BCUT2D eigenvalue weighted by molar-refractivity contribution is 7.99. The van der Waals surface area contributed by atoms with Crippen molar-refractivity contribution in [3.63, 3.8) is 0 Å². The lowest BCUT2D eigenvalue weighted by molar-refractivity contribution is 0.305. The molecule has 0 spiro atoms. The Morgan fingerprint density at radius 1 is 1.43 bits per heavy atom. The Kier molecular flexibility index (Phi) is 6.20. The fourth-order valence-corrected chi connectivity index (χ4v) is 2.24. The van der Waals surface area contributed by atoms with Crippen LogP contribution in [-0.2, 0) is 0 Å². The van der Waals surface area contributed by atoms with E-state index < -0.39 is 0 Å². The maximum Gasteiger partial charge on any atom is 0.255 e. The molecule has 1 N–H and O–H groups in total. The molecule has 0 saturated carbocycles. The minimum atomic E-state index is 0.0840. The van der Waals surface area contributed by atoms with Gasteiger partial charge in [-0.1, -0.05) is 29.7 Å². The number of nitrogens with zero attached hydrogens (tertiary/aromatic N) is 1. The number of hydrogen-bond acceptors (Lipinski definition) is 5. The predicted molar refractivity (Wildman–Crippen MR) is 82.5 cm³/mol. The summed E-state index contributed by atoms with van der Waals surface area (Å²) >= 11 is 1.52. The standard InChI is InChI=1S/C16H17NO3S/c1-13-12-20-16(17-13)21-10-9-19-15-7-4-6-14(11-15)5-2-3-8-18/h4,6-7,11-12,18H,3,8-10H2,1H3. The van der Waals surface area contributed by atoms with Crippen molar-refractivity contribution in [2.45, 2.75) is 18.6 Å². The molecule has 1 heterocycles. The van der Waals surface area contributed by atoms with E-state index in [2.05, 4.69) is 16.8 Å². The van der Waals surface area contributed by atoms with Gasteiger partial charge in [-0.25, -0.2) is 4.98 Å². The molecule has 21 heavy (non-hydrogen) atoms. The Morgan fingerprint density at radius 2 is 2.33 bits per heavy atom. The van der Waals surface area contributed by atoms with Crippen LogP contribution < -0.4 is 4.74 Å². The molecule has 0 bridgehead atoms. The second-order valence-corrected chi connectivity index (χ2v) is 5.30. The molecule has 5 heteroatoms. The minimum absolute atomic E-state index is 0.0840. The molecular weight excluding hydrogens is 286 g/mol. The number of thioether (sulfide) groups is 1. The molecule has 2 rings (SSSR count). The fraction of sp³-hybridized carbons (Fsp3) is 0.312. The van der Waals surface area contributed by atoms with Crippen LogP contribution in [0, 0.1) is 18.8 Å². The zero-order valence-electron chi connectivity index (χ0n) is 11.8. The van der Waals surface area contributed by atoms with Crippen molar-refractivity contribution in [1.29, 1.82) is 0 Å². The van der Waals surface area contributed by atoms with Gasteiger partial charge < -0.3 is 14.3 Å². The van der Waals surface area contributed by atoms with Gasteiger partial charge in [0.15, 0.2) is 0 Å². The van der Waals surface area contributed by atoms with Crippen LogP contribution in [0.1, 0.15) is 17.7 Å². The third-order valence-electron chi connectivity index (χ3n) is 2.48. The average molecular weight is 303 g/mol. The number of aromatic nitrogens is 1. The van der Waals surface area contributed by atoms with E-state index in [-0.39, 0.29) is 6.61 Å². The summed E-state index contributed by atoms with van der Waals surface area (Å²) in [6, 6.07) is 7.62. The number of hydrogen-bond donors (Lipinski definition) is 1. The molecule has 4 nitrogen and oxygen atoms in total. The predicted octanol–water partition coefficient (Wildman–Crippen LogP) is 2.89. The van der Waals surface area contributed by atoms with Crippen LogP contribution in [0.15, 0.2) is 40.2 Å². The van der Waals surface area contributed by atoms with Crippen molar-refractivity contribution in [2.75, 3.05) is 19.0 Å². The fourth-order valence-electron chi connectivity index (χ4n) is 1.57. The van der Waals surface area contributed by atoms with E-state index in [1.54, 1.807) is 6.26 Å². The van der Waals surface area contributed by atoms with Crippen molar-refractivity contribution in [2.24, 2.45) is 0 Å². The molecule has 1 aromatic carbocycles. The van der Waals surface area contributed by atoms with Crippen LogP contribution in [0.4, 0.5) is 0 Å². The zero-order valence-corrected chi connectivity index (χ0v) is 12.7. The highest BCUT2D eigenvalue weighted by Crippen LogP contribution is 2.17. The van der Waals surface area contributed by atoms with Crippen LogP contribution in [0.25, 0.3) is 0 Å². The first-order valence-electron chi connectivity index (χ1n) is 6.65. The maximum atomic E-state index is 8.70. The Hall–Kier alpha value is -1.90. The third kappa shape index (κ3) is 5.54. The van der Waals surface area contributed by atoms with Crippen LogP contribution in [0.3, 0.4) is 0 Å². The summed E-state index contributed by atoms with van der Waals surface area (Å²) in [5.74, 6) is 7.43. The number of aliphatic hydroxyl groups is 1. The normalized spacial score (nSPS) is 10.0. The van der Waals surface area contributed by atoms with E-state index in [1.165, 1.54) is 11.8 Å². The zero-order chi connectivity index (χ0) is 14.9. The second-order valence-electron chi connectivity index (χ2n) is 4.25. The number of rotatable bonds is 6. The Labute approximate surface area is 128 Å². The Balaban J connectivity index is 1.78. The Bertz CT molecular complexity index is 628. The van der Waals surface area contributed by atoms with E-state index in [1.807, 2.05) is 31.2 Å². The van der Waals surface area contributed by atoms with E-state index in [0.29, 0.717) is 18.3 Å². The summed E-state index contributed by atoms with van der Waals surface area (Å²) in [5, 5.41) is 9.36. The molecule has 2 aromatic rings. The maximum absolute atomic E-state index is 8.70. The highest BCUT2D eigenvalue weighted by atomic mass is 32.2. The lowest BCUT2D eigenvalue weighted by Gasteiger charge is -2.05. The van der Waals surface area contributed by atoms with Gasteiger partial charge in [0, 0.05) is 17.7 Å². The number of aryl methyl sites for hydroxylation is 1. The summed E-state index contributed by atoms with van der Waals surface area (Å²) in [5.41, 5.74) is 1.77. The molecule has 0 aliphatic rings. The van der Waals surface area contributed by atoms with Gasteiger partial charge in [0.1, 0.15) is 12.0 Å². The van der Waals surface area contributed by atoms with Crippen LogP contribution in [0.5, 0.6) is 5.75 Å². The second kappa shape index (κ2) is 8.40. The quantitative estimate of drug-likeness (QED) is 0.505. The van der Waals surface area contributed by atoms with Crippen LogP contribution >= 0.6 is 11.8 Å². The van der Waals surface area contributed by atoms with Crippen molar-refractivity contribution >= 4 is 11.8 Å². The molecule has 0 fully saturated rings. The number of aliphatic hydroxyl groups excluding tert-OH is 1. The lowest BCUT2D eigenvalue weighted by Crippen LogP contribution is -2.00. The smallest absolute Gasteiger partial charge is 0.255 e. The summed E-state index contributed by atoms with van der Waals surface area (Å²) in [6.07, 6.45) is 2.12. The van der Waals surface area contributed by atoms with E-state index >= 15 is 0 Å². The summed E-state index contributed by atoms with van der Waals surface area (Å²) < 4.78 is 10.9. The van der Waals surface area contributed by atoms with Crippen molar-refractivity contribution in [3.8, 4) is 17.6 Å². The van der Waals surface area contributed by atoms with Gasteiger partial charge in [-0.3, -0.25) is 0 Å². The molecule has 1 aromatic heterocycles. The monoisotopic (exact) mass is 303 g/mol. The van der Waals surface area contributed by atoms with Gasteiger partial charge in [0.2, 0.25) is 0 Å². The number of ether oxygens (including phenoxy) is 1. The largest absolute Gasteiger partial charge is 0.493 e. The molecule has 0 aliphatic carbocycles. The SMILES string of the molecule is Cc1coc(SCCOc2cccc(C#CCCO)c2)n1. The summed E-state index contributed by atoms with van der Waals surface area (Å²) in [7, 11) is 0. The molecule has 0 radical (unpaired) electrons. The van der Waals surface area contributed by atoms with Gasteiger partial charge >= 0.3 is 0 Å². The molecule has 0 amide bonds. The third-order valence-corrected chi connectivity index (χ3v) is 3.28. The van der Waals surface area contributed by atoms with Gasteiger partial charge in [-0.05, 0) is 25.1 Å². The molecular formula is C16H17NO3S. The first-order valence-corrected chi connectivity index (χ1v) is 7.64. The van der Waals surface area contributed by atoms with Crippen LogP contribution in [0.2, 0.25) is 0 Å². The molecule has 110 valence electrons. The van der Waals surface area contributed by atoms with Gasteiger partial charge in [-0.2, -0.15) is 0 Å². The van der Waals surface area contributed by atoms with Crippen LogP contribution in [-0.4, -0.2) is 29.1 Å². The first-order chi connectivity index (χ1) is 10.3. The van der Waals surface area contributed by atoms with E-state index in [4.69, 9.17) is 14.3 Å². The molecule has 0 atom stereocenters. The van der Waals surface area contributed by atoms with Crippen molar-refractivity contribution < 1.29 is 14.3 Å².